The molecule has 0 aliphatic heterocycles. The van der Waals surface area contributed by atoms with Crippen molar-refractivity contribution in [2.24, 2.45) is 11.7 Å². The van der Waals surface area contributed by atoms with Crippen LogP contribution in [-0.4, -0.2) is 18.0 Å². The monoisotopic (exact) mass is 364 g/mol. The minimum absolute atomic E-state index is 0. The van der Waals surface area contributed by atoms with Gasteiger partial charge < -0.3 is 11.1 Å². The van der Waals surface area contributed by atoms with Crippen molar-refractivity contribution in [2.45, 2.75) is 44.6 Å². The highest BCUT2D eigenvalue weighted by Gasteiger charge is 2.41. The second-order valence-electron chi connectivity index (χ2n) is 6.05. The molecule has 1 atom stereocenters. The average molecular weight is 366 g/mol. The number of benzene rings is 1. The van der Waals surface area contributed by atoms with Crippen molar-refractivity contribution in [1.29, 1.82) is 0 Å². The van der Waals surface area contributed by atoms with Crippen molar-refractivity contribution in [3.05, 3.63) is 33.8 Å². The van der Waals surface area contributed by atoms with Crippen molar-refractivity contribution in [3.8, 4) is 0 Å². The van der Waals surface area contributed by atoms with Crippen molar-refractivity contribution < 1.29 is 4.79 Å². The van der Waals surface area contributed by atoms with Gasteiger partial charge >= 0.3 is 0 Å². The first-order chi connectivity index (χ1) is 9.94. The molecule has 22 heavy (non-hydrogen) atoms. The molecule has 0 radical (unpaired) electrons. The number of nitrogens with two attached hydrogens (primary N) is 1. The number of carbonyl (C=O) groups is 1. The van der Waals surface area contributed by atoms with E-state index in [9.17, 15) is 4.79 Å². The summed E-state index contributed by atoms with van der Waals surface area (Å²) in [5, 5.41) is 4.22. The van der Waals surface area contributed by atoms with Gasteiger partial charge in [-0.15, -0.1) is 12.4 Å². The third kappa shape index (κ3) is 5.31. The summed E-state index contributed by atoms with van der Waals surface area (Å²) in [4.78, 5) is 12.0. The highest BCUT2D eigenvalue weighted by Crippen LogP contribution is 2.39. The maximum Gasteiger partial charge on any atom is 0.220 e. The summed E-state index contributed by atoms with van der Waals surface area (Å²) in [6.45, 7) is 2.54. The number of hydrogen-bond acceptors (Lipinski definition) is 2. The van der Waals surface area contributed by atoms with Crippen LogP contribution >= 0.6 is 35.6 Å². The minimum Gasteiger partial charge on any atom is -0.349 e. The van der Waals surface area contributed by atoms with Crippen LogP contribution in [0.4, 0.5) is 0 Å². The molecule has 0 heterocycles. The Morgan fingerprint density at radius 2 is 2.05 bits per heavy atom. The molecule has 124 valence electrons. The first-order valence-corrected chi connectivity index (χ1v) is 8.15. The lowest BCUT2D eigenvalue weighted by Gasteiger charge is -2.29. The van der Waals surface area contributed by atoms with Gasteiger partial charge in [0.2, 0.25) is 5.91 Å². The van der Waals surface area contributed by atoms with Gasteiger partial charge in [0.1, 0.15) is 0 Å². The van der Waals surface area contributed by atoms with Gasteiger partial charge in [-0.05, 0) is 56.2 Å². The molecule has 1 aliphatic rings. The van der Waals surface area contributed by atoms with Crippen LogP contribution in [0.1, 0.15) is 38.2 Å². The molecular formula is C16H23Cl3N2O. The number of amides is 1. The van der Waals surface area contributed by atoms with E-state index in [2.05, 4.69) is 5.32 Å². The molecule has 1 aliphatic carbocycles. The van der Waals surface area contributed by atoms with Crippen LogP contribution in [0, 0.1) is 5.92 Å². The topological polar surface area (TPSA) is 55.1 Å². The second-order valence-corrected chi connectivity index (χ2v) is 6.86. The maximum atomic E-state index is 12.0. The number of aryl methyl sites for hydroxylation is 1. The fraction of sp³-hybridized carbons (Fsp3) is 0.562. The van der Waals surface area contributed by atoms with E-state index in [0.717, 1.165) is 31.2 Å². The molecular weight excluding hydrogens is 343 g/mol. The zero-order valence-corrected chi connectivity index (χ0v) is 15.0. The molecule has 1 saturated carbocycles. The molecule has 2 rings (SSSR count). The third-order valence-electron chi connectivity index (χ3n) is 4.18. The van der Waals surface area contributed by atoms with E-state index in [4.69, 9.17) is 28.9 Å². The van der Waals surface area contributed by atoms with Crippen molar-refractivity contribution in [3.63, 3.8) is 0 Å². The quantitative estimate of drug-likeness (QED) is 0.768. The van der Waals surface area contributed by atoms with E-state index in [0.29, 0.717) is 28.9 Å². The van der Waals surface area contributed by atoms with Crippen LogP contribution in [-0.2, 0) is 11.2 Å². The number of hydrogen-bond donors (Lipinski definition) is 2. The van der Waals surface area contributed by atoms with Crippen LogP contribution in [0.2, 0.25) is 10.0 Å². The van der Waals surface area contributed by atoms with Crippen LogP contribution in [0.3, 0.4) is 0 Å². The molecule has 0 aromatic heterocycles. The molecule has 6 heteroatoms. The molecule has 1 amide bonds. The predicted molar refractivity (Wildman–Crippen MR) is 95.0 cm³/mol. The standard InChI is InChI=1S/C16H22Cl2N2O.ClH/c1-16(10-19,12-6-7-12)20-15(21)4-2-3-11-5-8-13(17)14(18)9-11;/h5,8-9,12H,2-4,6-7,10,19H2,1H3,(H,20,21);1H. The van der Waals surface area contributed by atoms with Crippen molar-refractivity contribution >= 4 is 41.5 Å². The summed E-state index contributed by atoms with van der Waals surface area (Å²) in [7, 11) is 0. The first kappa shape index (κ1) is 19.6. The number of nitrogens with one attached hydrogen (secondary N) is 1. The zero-order chi connectivity index (χ0) is 15.5. The fourth-order valence-electron chi connectivity index (χ4n) is 2.57. The van der Waals surface area contributed by atoms with Gasteiger partial charge in [-0.25, -0.2) is 0 Å². The fourth-order valence-corrected chi connectivity index (χ4v) is 2.89. The van der Waals surface area contributed by atoms with Crippen molar-refractivity contribution in [1.82, 2.24) is 5.32 Å². The molecule has 1 aromatic carbocycles. The van der Waals surface area contributed by atoms with E-state index >= 15 is 0 Å². The largest absolute Gasteiger partial charge is 0.349 e. The van der Waals surface area contributed by atoms with Gasteiger partial charge in [-0.2, -0.15) is 0 Å². The Morgan fingerprint density at radius 1 is 1.36 bits per heavy atom. The maximum absolute atomic E-state index is 12.0. The summed E-state index contributed by atoms with van der Waals surface area (Å²) < 4.78 is 0. The van der Waals surface area contributed by atoms with Gasteiger partial charge in [-0.3, -0.25) is 4.79 Å². The SMILES string of the molecule is CC(CN)(NC(=O)CCCc1ccc(Cl)c(Cl)c1)C1CC1.Cl. The van der Waals surface area contributed by atoms with E-state index in [1.807, 2.05) is 19.1 Å². The summed E-state index contributed by atoms with van der Waals surface area (Å²) in [5.41, 5.74) is 6.67. The first-order valence-electron chi connectivity index (χ1n) is 7.39. The summed E-state index contributed by atoms with van der Waals surface area (Å²) >= 11 is 11.9. The van der Waals surface area contributed by atoms with E-state index < -0.39 is 0 Å². The molecule has 0 saturated heterocycles. The minimum atomic E-state index is -0.235. The third-order valence-corrected chi connectivity index (χ3v) is 4.92. The summed E-state index contributed by atoms with van der Waals surface area (Å²) in [6, 6.07) is 5.59. The van der Waals surface area contributed by atoms with Crippen molar-refractivity contribution in [2.75, 3.05) is 6.54 Å². The highest BCUT2D eigenvalue weighted by atomic mass is 35.5. The predicted octanol–water partition coefficient (Wildman–Crippen LogP) is 3.98. The normalized spacial score (nSPS) is 16.5. The average Bonchev–Trinajstić information content (AvgIpc) is 3.27. The second kappa shape index (κ2) is 8.39. The zero-order valence-electron chi connectivity index (χ0n) is 12.7. The van der Waals surface area contributed by atoms with Gasteiger partial charge in [0, 0.05) is 13.0 Å². The Morgan fingerprint density at radius 3 is 2.59 bits per heavy atom. The molecule has 3 N–H and O–H groups in total. The van der Waals surface area contributed by atoms with Crippen LogP contribution in [0.5, 0.6) is 0 Å². The number of halogens is 3. The lowest BCUT2D eigenvalue weighted by molar-refractivity contribution is -0.123. The smallest absolute Gasteiger partial charge is 0.220 e. The molecule has 0 bridgehead atoms. The summed E-state index contributed by atoms with van der Waals surface area (Å²) in [6.07, 6.45) is 4.43. The Bertz CT molecular complexity index is 520. The van der Waals surface area contributed by atoms with Gasteiger partial charge in [-0.1, -0.05) is 29.3 Å². The van der Waals surface area contributed by atoms with Crippen LogP contribution < -0.4 is 11.1 Å². The van der Waals surface area contributed by atoms with E-state index in [1.54, 1.807) is 6.07 Å². The Balaban J connectivity index is 0.00000242. The molecule has 1 fully saturated rings. The van der Waals surface area contributed by atoms with Crippen LogP contribution in [0.25, 0.3) is 0 Å². The summed E-state index contributed by atoms with van der Waals surface area (Å²) in [5.74, 6) is 0.622. The van der Waals surface area contributed by atoms with Gasteiger partial charge in [0.25, 0.3) is 0 Å². The number of carbonyl (C=O) groups excluding carboxylic acids is 1. The van der Waals surface area contributed by atoms with Crippen LogP contribution in [0.15, 0.2) is 18.2 Å². The highest BCUT2D eigenvalue weighted by molar-refractivity contribution is 6.42. The van der Waals surface area contributed by atoms with E-state index in [-0.39, 0.29) is 23.9 Å². The Hall–Kier alpha value is -0.480. The lowest BCUT2D eigenvalue weighted by Crippen LogP contribution is -2.53. The molecule has 1 unspecified atom stereocenters. The molecule has 0 spiro atoms. The molecule has 3 nitrogen and oxygen atoms in total. The van der Waals surface area contributed by atoms with E-state index in [1.165, 1.54) is 0 Å². The Labute approximate surface area is 148 Å². The van der Waals surface area contributed by atoms with Gasteiger partial charge in [0.05, 0.1) is 15.6 Å². The Kier molecular flexibility index (Phi) is 7.47. The number of rotatable bonds is 7. The lowest BCUT2D eigenvalue weighted by atomic mass is 9.95. The van der Waals surface area contributed by atoms with Gasteiger partial charge in [0.15, 0.2) is 0 Å². The molecule has 1 aromatic rings.